The third-order valence-corrected chi connectivity index (χ3v) is 5.84. The first kappa shape index (κ1) is 13.9. The number of hydrogen-bond donors (Lipinski definition) is 1. The molecule has 3 aliphatic carbocycles. The zero-order valence-corrected chi connectivity index (χ0v) is 13.0. The second kappa shape index (κ2) is 5.73. The van der Waals surface area contributed by atoms with Gasteiger partial charge in [-0.25, -0.2) is 0 Å². The zero-order chi connectivity index (χ0) is 13.3. The maximum atomic E-state index is 3.83. The van der Waals surface area contributed by atoms with Crippen LogP contribution in [0.4, 0.5) is 0 Å². The van der Waals surface area contributed by atoms with Crippen LogP contribution in [-0.4, -0.2) is 37.1 Å². The predicted octanol–water partition coefficient (Wildman–Crippen LogP) is 3.42. The van der Waals surface area contributed by atoms with Crippen molar-refractivity contribution in [2.45, 2.75) is 76.8 Å². The summed E-state index contributed by atoms with van der Waals surface area (Å²) in [6.07, 6.45) is 13.1. The molecule has 0 amide bonds. The predicted molar refractivity (Wildman–Crippen MR) is 81.4 cm³/mol. The van der Waals surface area contributed by atoms with Crippen LogP contribution in [0.1, 0.15) is 64.7 Å². The van der Waals surface area contributed by atoms with E-state index >= 15 is 0 Å². The van der Waals surface area contributed by atoms with E-state index in [1.165, 1.54) is 70.9 Å². The van der Waals surface area contributed by atoms with Gasteiger partial charge in [0.2, 0.25) is 0 Å². The third-order valence-electron chi connectivity index (χ3n) is 5.84. The highest BCUT2D eigenvalue weighted by atomic mass is 15.1. The average Bonchev–Trinajstić information content (AvgIpc) is 3.30. The van der Waals surface area contributed by atoms with Gasteiger partial charge < -0.3 is 10.2 Å². The summed E-state index contributed by atoms with van der Waals surface area (Å²) >= 11 is 0. The first-order valence-corrected chi connectivity index (χ1v) is 8.62. The fraction of sp³-hybridized carbons (Fsp3) is 1.00. The van der Waals surface area contributed by atoms with Crippen molar-refractivity contribution in [1.29, 1.82) is 0 Å². The first-order chi connectivity index (χ1) is 9.19. The van der Waals surface area contributed by atoms with Crippen molar-refractivity contribution in [2.75, 3.05) is 20.1 Å². The van der Waals surface area contributed by atoms with Gasteiger partial charge in [-0.3, -0.25) is 0 Å². The molecule has 0 heterocycles. The minimum atomic E-state index is 0.582. The molecule has 0 bridgehead atoms. The minimum absolute atomic E-state index is 0.582. The van der Waals surface area contributed by atoms with Gasteiger partial charge in [-0.15, -0.1) is 0 Å². The average molecular weight is 264 g/mol. The van der Waals surface area contributed by atoms with Gasteiger partial charge in [-0.1, -0.05) is 19.3 Å². The van der Waals surface area contributed by atoms with Crippen LogP contribution in [-0.2, 0) is 0 Å². The van der Waals surface area contributed by atoms with Crippen molar-refractivity contribution in [3.63, 3.8) is 0 Å². The molecule has 0 radical (unpaired) electrons. The Balaban J connectivity index is 1.56. The second-order valence-corrected chi connectivity index (χ2v) is 7.71. The molecule has 0 aliphatic heterocycles. The number of rotatable bonds is 7. The van der Waals surface area contributed by atoms with Gasteiger partial charge in [0.15, 0.2) is 0 Å². The van der Waals surface area contributed by atoms with Crippen molar-refractivity contribution in [3.05, 3.63) is 0 Å². The summed E-state index contributed by atoms with van der Waals surface area (Å²) in [6.45, 7) is 5.05. The summed E-state index contributed by atoms with van der Waals surface area (Å²) in [7, 11) is 2.37. The molecular formula is C17H32N2. The quantitative estimate of drug-likeness (QED) is 0.758. The molecule has 0 saturated heterocycles. The molecule has 3 rings (SSSR count). The topological polar surface area (TPSA) is 15.3 Å². The van der Waals surface area contributed by atoms with Crippen molar-refractivity contribution < 1.29 is 0 Å². The molecule has 3 fully saturated rings. The van der Waals surface area contributed by atoms with E-state index in [0.717, 1.165) is 18.0 Å². The number of nitrogens with one attached hydrogen (secondary N) is 1. The van der Waals surface area contributed by atoms with E-state index in [4.69, 9.17) is 0 Å². The highest BCUT2D eigenvalue weighted by molar-refractivity contribution is 4.93. The summed E-state index contributed by atoms with van der Waals surface area (Å²) in [4.78, 5) is 2.68. The molecule has 2 nitrogen and oxygen atoms in total. The molecule has 0 aromatic carbocycles. The molecule has 0 aromatic rings. The minimum Gasteiger partial charge on any atom is -0.313 e. The SMILES string of the molecule is CC(C1CC1)N(C)CC1(CNC2CC2)CCCCC1. The van der Waals surface area contributed by atoms with Crippen LogP contribution >= 0.6 is 0 Å². The standard InChI is InChI=1S/C17H32N2/c1-14(15-6-7-15)19(2)13-17(10-4-3-5-11-17)12-18-16-8-9-16/h14-16,18H,3-13H2,1-2H3. The van der Waals surface area contributed by atoms with Gasteiger partial charge in [0.1, 0.15) is 0 Å². The molecule has 0 aromatic heterocycles. The second-order valence-electron chi connectivity index (χ2n) is 7.71. The van der Waals surface area contributed by atoms with Gasteiger partial charge in [-0.05, 0) is 63.8 Å². The highest BCUT2D eigenvalue weighted by Gasteiger charge is 2.38. The molecule has 1 N–H and O–H groups in total. The smallest absolute Gasteiger partial charge is 0.00923 e. The number of nitrogens with zero attached hydrogens (tertiary/aromatic N) is 1. The maximum absolute atomic E-state index is 3.83. The van der Waals surface area contributed by atoms with Crippen molar-refractivity contribution in [2.24, 2.45) is 11.3 Å². The monoisotopic (exact) mass is 264 g/mol. The normalized spacial score (nSPS) is 28.6. The lowest BCUT2D eigenvalue weighted by Gasteiger charge is -2.42. The Morgan fingerprint density at radius 1 is 1.11 bits per heavy atom. The first-order valence-electron chi connectivity index (χ1n) is 8.62. The maximum Gasteiger partial charge on any atom is 0.00923 e. The van der Waals surface area contributed by atoms with Crippen LogP contribution in [0.15, 0.2) is 0 Å². The van der Waals surface area contributed by atoms with E-state index in [2.05, 4.69) is 24.2 Å². The fourth-order valence-corrected chi connectivity index (χ4v) is 3.95. The van der Waals surface area contributed by atoms with Crippen molar-refractivity contribution >= 4 is 0 Å². The largest absolute Gasteiger partial charge is 0.313 e. The lowest BCUT2D eigenvalue weighted by atomic mass is 9.73. The Hall–Kier alpha value is -0.0800. The molecule has 110 valence electrons. The van der Waals surface area contributed by atoms with E-state index in [1.807, 2.05) is 0 Å². The van der Waals surface area contributed by atoms with Crippen LogP contribution in [0.3, 0.4) is 0 Å². The Morgan fingerprint density at radius 3 is 2.37 bits per heavy atom. The Bertz CT molecular complexity index is 288. The van der Waals surface area contributed by atoms with Crippen LogP contribution in [0.5, 0.6) is 0 Å². The van der Waals surface area contributed by atoms with Gasteiger partial charge in [0.05, 0.1) is 0 Å². The summed E-state index contributed by atoms with van der Waals surface area (Å²) in [5.74, 6) is 1.00. The van der Waals surface area contributed by atoms with E-state index < -0.39 is 0 Å². The third kappa shape index (κ3) is 3.72. The van der Waals surface area contributed by atoms with E-state index in [9.17, 15) is 0 Å². The van der Waals surface area contributed by atoms with Crippen molar-refractivity contribution in [3.8, 4) is 0 Å². The van der Waals surface area contributed by atoms with Crippen molar-refractivity contribution in [1.82, 2.24) is 10.2 Å². The van der Waals surface area contributed by atoms with Gasteiger partial charge >= 0.3 is 0 Å². The van der Waals surface area contributed by atoms with Gasteiger partial charge in [0.25, 0.3) is 0 Å². The summed E-state index contributed by atoms with van der Waals surface area (Å²) in [6, 6.07) is 1.67. The van der Waals surface area contributed by atoms with Crippen LogP contribution < -0.4 is 5.32 Å². The van der Waals surface area contributed by atoms with E-state index in [0.29, 0.717) is 5.41 Å². The van der Waals surface area contributed by atoms with Gasteiger partial charge in [-0.2, -0.15) is 0 Å². The number of hydrogen-bond acceptors (Lipinski definition) is 2. The molecule has 3 saturated carbocycles. The zero-order valence-electron chi connectivity index (χ0n) is 13.0. The molecular weight excluding hydrogens is 232 g/mol. The fourth-order valence-electron chi connectivity index (χ4n) is 3.95. The molecule has 3 aliphatic rings. The lowest BCUT2D eigenvalue weighted by molar-refractivity contribution is 0.0906. The Kier molecular flexibility index (Phi) is 4.19. The van der Waals surface area contributed by atoms with Crippen LogP contribution in [0, 0.1) is 11.3 Å². The summed E-state index contributed by atoms with van der Waals surface area (Å²) in [5, 5.41) is 3.83. The Morgan fingerprint density at radius 2 is 1.79 bits per heavy atom. The Labute approximate surface area is 119 Å². The van der Waals surface area contributed by atoms with Crippen LogP contribution in [0.25, 0.3) is 0 Å². The molecule has 2 heteroatoms. The van der Waals surface area contributed by atoms with Crippen LogP contribution in [0.2, 0.25) is 0 Å². The summed E-state index contributed by atoms with van der Waals surface area (Å²) in [5.41, 5.74) is 0.582. The van der Waals surface area contributed by atoms with E-state index in [1.54, 1.807) is 0 Å². The molecule has 1 atom stereocenters. The summed E-state index contributed by atoms with van der Waals surface area (Å²) < 4.78 is 0. The lowest BCUT2D eigenvalue weighted by Crippen LogP contribution is -2.47. The molecule has 1 unspecified atom stereocenters. The van der Waals surface area contributed by atoms with E-state index in [-0.39, 0.29) is 0 Å². The molecule has 0 spiro atoms. The molecule has 19 heavy (non-hydrogen) atoms. The van der Waals surface area contributed by atoms with Gasteiger partial charge in [0, 0.05) is 25.2 Å². The highest BCUT2D eigenvalue weighted by Crippen LogP contribution is 2.40.